The highest BCUT2D eigenvalue weighted by Crippen LogP contribution is 2.26. The molecule has 0 saturated heterocycles. The molecule has 0 aromatic carbocycles. The van der Waals surface area contributed by atoms with Crippen molar-refractivity contribution < 1.29 is 0 Å². The molecule has 0 spiro atoms. The summed E-state index contributed by atoms with van der Waals surface area (Å²) >= 11 is 11.3. The number of alkyl halides is 1. The van der Waals surface area contributed by atoms with Gasteiger partial charge in [-0.15, -0.1) is 11.6 Å². The molecule has 0 fully saturated rings. The second-order valence-corrected chi connectivity index (χ2v) is 6.07. The highest BCUT2D eigenvalue weighted by Gasteiger charge is 2.12. The number of aromatic nitrogens is 2. The van der Waals surface area contributed by atoms with Crippen molar-refractivity contribution >= 4 is 39.3 Å². The average molecular weight is 326 g/mol. The summed E-state index contributed by atoms with van der Waals surface area (Å²) in [6, 6.07) is 0. The highest BCUT2D eigenvalue weighted by atomic mass is 79.9. The lowest BCUT2D eigenvalue weighted by atomic mass is 10.3. The molecule has 1 aromatic rings. The van der Waals surface area contributed by atoms with Gasteiger partial charge in [0.05, 0.1) is 15.9 Å². The van der Waals surface area contributed by atoms with E-state index in [1.807, 2.05) is 18.7 Å². The van der Waals surface area contributed by atoms with Gasteiger partial charge in [-0.2, -0.15) is 16.9 Å². The lowest BCUT2D eigenvalue weighted by Gasteiger charge is -2.08. The van der Waals surface area contributed by atoms with Crippen molar-refractivity contribution in [3.05, 3.63) is 15.9 Å². The van der Waals surface area contributed by atoms with Crippen LogP contribution in [0.3, 0.4) is 0 Å². The molecule has 1 aromatic heterocycles. The zero-order valence-corrected chi connectivity index (χ0v) is 13.1. The van der Waals surface area contributed by atoms with Gasteiger partial charge in [0, 0.05) is 18.2 Å². The maximum absolute atomic E-state index is 5.79. The topological polar surface area (TPSA) is 17.8 Å². The van der Waals surface area contributed by atoms with Crippen molar-refractivity contribution in [3.8, 4) is 0 Å². The molecule has 92 valence electrons. The number of hydrogen-bond donors (Lipinski definition) is 0. The quantitative estimate of drug-likeness (QED) is 0.733. The minimum Gasteiger partial charge on any atom is -0.268 e. The van der Waals surface area contributed by atoms with Crippen LogP contribution in [-0.4, -0.2) is 21.4 Å². The molecule has 16 heavy (non-hydrogen) atoms. The van der Waals surface area contributed by atoms with Crippen LogP contribution in [0.15, 0.2) is 4.47 Å². The molecule has 0 N–H and O–H groups in total. The van der Waals surface area contributed by atoms with Crippen molar-refractivity contribution in [3.63, 3.8) is 0 Å². The first-order chi connectivity index (χ1) is 7.60. The van der Waals surface area contributed by atoms with E-state index in [-0.39, 0.29) is 0 Å². The Bertz CT molecular complexity index is 341. The summed E-state index contributed by atoms with van der Waals surface area (Å²) in [5, 5.41) is 4.48. The maximum atomic E-state index is 5.79. The molecule has 1 atom stereocenters. The van der Waals surface area contributed by atoms with E-state index in [1.54, 1.807) is 0 Å². The Balaban J connectivity index is 2.59. The smallest absolute Gasteiger partial charge is 0.0739 e. The van der Waals surface area contributed by atoms with Crippen LogP contribution in [0.1, 0.15) is 25.2 Å². The third-order valence-electron chi connectivity index (χ3n) is 2.36. The van der Waals surface area contributed by atoms with Crippen molar-refractivity contribution in [2.75, 3.05) is 11.6 Å². The number of rotatable bonds is 6. The molecule has 1 rings (SSSR count). The van der Waals surface area contributed by atoms with E-state index in [1.165, 1.54) is 5.69 Å². The van der Waals surface area contributed by atoms with Crippen molar-refractivity contribution in [2.24, 2.45) is 5.92 Å². The highest BCUT2D eigenvalue weighted by molar-refractivity contribution is 9.10. The van der Waals surface area contributed by atoms with E-state index >= 15 is 0 Å². The zero-order chi connectivity index (χ0) is 12.1. The molecule has 1 heterocycles. The summed E-state index contributed by atoms with van der Waals surface area (Å²) in [6.07, 6.45) is 0. The Morgan fingerprint density at radius 2 is 2.25 bits per heavy atom. The minimum atomic E-state index is 0.574. The molecule has 0 amide bonds. The largest absolute Gasteiger partial charge is 0.268 e. The summed E-state index contributed by atoms with van der Waals surface area (Å²) in [4.78, 5) is 0. The summed E-state index contributed by atoms with van der Waals surface area (Å²) < 4.78 is 3.22. The second-order valence-electron chi connectivity index (χ2n) is 3.94. The van der Waals surface area contributed by atoms with Crippen LogP contribution in [0.4, 0.5) is 0 Å². The SMILES string of the molecule is CCn1nc(C)c(Br)c1CSCC(C)CCl. The van der Waals surface area contributed by atoms with Crippen LogP contribution in [-0.2, 0) is 12.3 Å². The molecular formula is C11H18BrClN2S. The lowest BCUT2D eigenvalue weighted by molar-refractivity contribution is 0.631. The Morgan fingerprint density at radius 1 is 1.56 bits per heavy atom. The lowest BCUT2D eigenvalue weighted by Crippen LogP contribution is -2.04. The molecule has 2 nitrogen and oxygen atoms in total. The molecule has 0 radical (unpaired) electrons. The third-order valence-corrected chi connectivity index (χ3v) is 5.20. The van der Waals surface area contributed by atoms with Crippen LogP contribution in [0, 0.1) is 12.8 Å². The summed E-state index contributed by atoms with van der Waals surface area (Å²) in [6.45, 7) is 7.25. The zero-order valence-electron chi connectivity index (χ0n) is 9.96. The summed E-state index contributed by atoms with van der Waals surface area (Å²) in [5.41, 5.74) is 2.36. The van der Waals surface area contributed by atoms with Crippen LogP contribution >= 0.6 is 39.3 Å². The molecule has 0 bridgehead atoms. The van der Waals surface area contributed by atoms with Gasteiger partial charge < -0.3 is 0 Å². The maximum Gasteiger partial charge on any atom is 0.0739 e. The van der Waals surface area contributed by atoms with Crippen molar-refractivity contribution in [1.82, 2.24) is 9.78 Å². The first-order valence-corrected chi connectivity index (χ1v) is 7.93. The molecule has 0 saturated carbocycles. The Morgan fingerprint density at radius 3 is 2.81 bits per heavy atom. The first kappa shape index (κ1) is 14.4. The van der Waals surface area contributed by atoms with Gasteiger partial charge in [0.2, 0.25) is 0 Å². The molecular weight excluding hydrogens is 308 g/mol. The molecule has 0 aliphatic rings. The normalized spacial score (nSPS) is 13.1. The molecule has 1 unspecified atom stereocenters. The van der Waals surface area contributed by atoms with Gasteiger partial charge in [0.25, 0.3) is 0 Å². The van der Waals surface area contributed by atoms with Gasteiger partial charge in [0.15, 0.2) is 0 Å². The van der Waals surface area contributed by atoms with Crippen molar-refractivity contribution in [2.45, 2.75) is 33.1 Å². The van der Waals surface area contributed by atoms with Gasteiger partial charge >= 0.3 is 0 Å². The van der Waals surface area contributed by atoms with Crippen LogP contribution in [0.2, 0.25) is 0 Å². The van der Waals surface area contributed by atoms with Gasteiger partial charge in [-0.05, 0) is 41.4 Å². The fourth-order valence-electron chi connectivity index (χ4n) is 1.41. The second kappa shape index (κ2) is 6.92. The van der Waals surface area contributed by atoms with Gasteiger partial charge in [-0.25, -0.2) is 0 Å². The monoisotopic (exact) mass is 324 g/mol. The predicted octanol–water partition coefficient (Wildman–Crippen LogP) is 4.08. The van der Waals surface area contributed by atoms with E-state index in [0.29, 0.717) is 5.92 Å². The third kappa shape index (κ3) is 3.67. The number of halogens is 2. The molecule has 0 aliphatic carbocycles. The minimum absolute atomic E-state index is 0.574. The summed E-state index contributed by atoms with van der Waals surface area (Å²) in [5.74, 6) is 3.41. The number of aryl methyl sites for hydroxylation is 2. The molecule has 5 heteroatoms. The Labute approximate surface area is 115 Å². The van der Waals surface area contributed by atoms with Gasteiger partial charge in [-0.1, -0.05) is 6.92 Å². The number of thioether (sulfide) groups is 1. The Hall–Kier alpha value is 0.330. The molecule has 0 aliphatic heterocycles. The van der Waals surface area contributed by atoms with E-state index in [4.69, 9.17) is 11.6 Å². The van der Waals surface area contributed by atoms with E-state index < -0.39 is 0 Å². The number of nitrogens with zero attached hydrogens (tertiary/aromatic N) is 2. The van der Waals surface area contributed by atoms with Crippen LogP contribution in [0.25, 0.3) is 0 Å². The average Bonchev–Trinajstić information content (AvgIpc) is 2.56. The van der Waals surface area contributed by atoms with Gasteiger partial charge in [0.1, 0.15) is 0 Å². The van der Waals surface area contributed by atoms with E-state index in [9.17, 15) is 0 Å². The van der Waals surface area contributed by atoms with E-state index in [2.05, 4.69) is 39.6 Å². The Kier molecular flexibility index (Phi) is 6.22. The summed E-state index contributed by atoms with van der Waals surface area (Å²) in [7, 11) is 0. The van der Waals surface area contributed by atoms with Gasteiger partial charge in [-0.3, -0.25) is 4.68 Å². The predicted molar refractivity (Wildman–Crippen MR) is 76.4 cm³/mol. The van der Waals surface area contributed by atoms with Crippen molar-refractivity contribution in [1.29, 1.82) is 0 Å². The number of hydrogen-bond acceptors (Lipinski definition) is 2. The van der Waals surface area contributed by atoms with Crippen LogP contribution < -0.4 is 0 Å². The van der Waals surface area contributed by atoms with E-state index in [0.717, 1.165) is 34.1 Å². The van der Waals surface area contributed by atoms with Crippen LogP contribution in [0.5, 0.6) is 0 Å². The standard InChI is InChI=1S/C11H18BrClN2S/c1-4-15-10(11(12)9(3)14-15)7-16-6-8(2)5-13/h8H,4-7H2,1-3H3. The fraction of sp³-hybridized carbons (Fsp3) is 0.727. The first-order valence-electron chi connectivity index (χ1n) is 5.45. The fourth-order valence-corrected chi connectivity index (χ4v) is 3.38.